The summed E-state index contributed by atoms with van der Waals surface area (Å²) in [7, 11) is 0. The highest BCUT2D eigenvalue weighted by Gasteiger charge is 1.96. The zero-order chi connectivity index (χ0) is 19.1. The van der Waals surface area contributed by atoms with Gasteiger partial charge in [-0.3, -0.25) is 4.79 Å². The standard InChI is InChI=1S/C23H36N2O/c1-2-3-4-5-6-7-8-9-10-11-12-13-14-15-16-17-18-19-22-25-23(26)20-21-24/h6-7,9-10,12-13,15-16H,2-5,8,11,14,17-20,22H2,1H3,(H,25,26)/b7-6-,10-9-,13-12-,16-15-. The highest BCUT2D eigenvalue weighted by Crippen LogP contribution is 2.01. The molecule has 0 saturated carbocycles. The summed E-state index contributed by atoms with van der Waals surface area (Å²) < 4.78 is 0. The van der Waals surface area contributed by atoms with E-state index < -0.39 is 0 Å². The van der Waals surface area contributed by atoms with Gasteiger partial charge in [0.05, 0.1) is 6.07 Å². The summed E-state index contributed by atoms with van der Waals surface area (Å²) in [5.41, 5.74) is 0. The van der Waals surface area contributed by atoms with E-state index in [1.807, 2.05) is 6.07 Å². The Morgan fingerprint density at radius 2 is 1.31 bits per heavy atom. The van der Waals surface area contributed by atoms with Crippen molar-refractivity contribution in [2.45, 2.75) is 77.6 Å². The third kappa shape index (κ3) is 20.0. The van der Waals surface area contributed by atoms with Crippen LogP contribution < -0.4 is 5.32 Å². The Morgan fingerprint density at radius 1 is 0.808 bits per heavy atom. The average molecular weight is 357 g/mol. The van der Waals surface area contributed by atoms with Crippen LogP contribution in [0.15, 0.2) is 48.6 Å². The molecule has 1 amide bonds. The van der Waals surface area contributed by atoms with E-state index in [1.165, 1.54) is 25.7 Å². The van der Waals surface area contributed by atoms with Crippen molar-refractivity contribution >= 4 is 5.91 Å². The molecule has 0 aromatic rings. The molecule has 26 heavy (non-hydrogen) atoms. The van der Waals surface area contributed by atoms with Crippen molar-refractivity contribution in [3.63, 3.8) is 0 Å². The molecule has 0 unspecified atom stereocenters. The molecular weight excluding hydrogens is 320 g/mol. The summed E-state index contributed by atoms with van der Waals surface area (Å²) in [6, 6.07) is 1.84. The molecule has 144 valence electrons. The SMILES string of the molecule is CCCCC/C=C\C/C=C\C/C=C\C/C=C\CCCCNC(=O)CC#N. The molecule has 0 radical (unpaired) electrons. The van der Waals surface area contributed by atoms with Crippen LogP contribution in [0.25, 0.3) is 0 Å². The second-order valence-electron chi connectivity index (χ2n) is 6.27. The van der Waals surface area contributed by atoms with Gasteiger partial charge in [-0.1, -0.05) is 68.4 Å². The van der Waals surface area contributed by atoms with Gasteiger partial charge in [0.15, 0.2) is 0 Å². The molecule has 0 bridgehead atoms. The number of hydrogen-bond acceptors (Lipinski definition) is 2. The van der Waals surface area contributed by atoms with Gasteiger partial charge in [-0.15, -0.1) is 0 Å². The zero-order valence-corrected chi connectivity index (χ0v) is 16.5. The molecule has 0 aromatic carbocycles. The fourth-order valence-corrected chi connectivity index (χ4v) is 2.31. The largest absolute Gasteiger partial charge is 0.355 e. The summed E-state index contributed by atoms with van der Waals surface area (Å²) in [4.78, 5) is 11.1. The third-order valence-electron chi connectivity index (χ3n) is 3.82. The van der Waals surface area contributed by atoms with Gasteiger partial charge >= 0.3 is 0 Å². The minimum atomic E-state index is -0.176. The van der Waals surface area contributed by atoms with Gasteiger partial charge in [-0.2, -0.15) is 5.26 Å². The third-order valence-corrected chi connectivity index (χ3v) is 3.82. The summed E-state index contributed by atoms with van der Waals surface area (Å²) in [5.74, 6) is -0.176. The van der Waals surface area contributed by atoms with Crippen molar-refractivity contribution in [2.75, 3.05) is 6.54 Å². The summed E-state index contributed by atoms with van der Waals surface area (Å²) >= 11 is 0. The minimum Gasteiger partial charge on any atom is -0.355 e. The molecule has 0 aliphatic heterocycles. The molecule has 0 rings (SSSR count). The molecule has 0 aliphatic carbocycles. The molecule has 0 atom stereocenters. The lowest BCUT2D eigenvalue weighted by Gasteiger charge is -2.00. The van der Waals surface area contributed by atoms with Crippen molar-refractivity contribution in [3.05, 3.63) is 48.6 Å². The first-order valence-corrected chi connectivity index (χ1v) is 10.0. The number of carbonyl (C=O) groups is 1. The van der Waals surface area contributed by atoms with Crippen LogP contribution in [0.4, 0.5) is 0 Å². The van der Waals surface area contributed by atoms with Gasteiger partial charge in [0, 0.05) is 6.54 Å². The summed E-state index contributed by atoms with van der Waals surface area (Å²) in [6.07, 6.45) is 28.9. The minimum absolute atomic E-state index is 0.0445. The van der Waals surface area contributed by atoms with Gasteiger partial charge in [-0.25, -0.2) is 0 Å². The molecule has 0 aliphatic rings. The molecule has 0 aromatic heterocycles. The van der Waals surface area contributed by atoms with Crippen LogP contribution in [0.3, 0.4) is 0 Å². The molecule has 1 N–H and O–H groups in total. The Morgan fingerprint density at radius 3 is 1.81 bits per heavy atom. The maximum absolute atomic E-state index is 11.1. The highest BCUT2D eigenvalue weighted by atomic mass is 16.1. The molecule has 0 fully saturated rings. The van der Waals surface area contributed by atoms with E-state index in [0.29, 0.717) is 6.54 Å². The highest BCUT2D eigenvalue weighted by molar-refractivity contribution is 5.77. The second kappa shape index (κ2) is 21.0. The van der Waals surface area contributed by atoms with Crippen LogP contribution in [0.1, 0.15) is 77.6 Å². The van der Waals surface area contributed by atoms with Gasteiger partial charge in [0.2, 0.25) is 5.91 Å². The van der Waals surface area contributed by atoms with Gasteiger partial charge in [0.1, 0.15) is 6.42 Å². The number of allylic oxidation sites excluding steroid dienone is 8. The number of unbranched alkanes of at least 4 members (excludes halogenated alkanes) is 5. The number of nitrogens with zero attached hydrogens (tertiary/aromatic N) is 1. The molecule has 3 heteroatoms. The lowest BCUT2D eigenvalue weighted by molar-refractivity contribution is -0.120. The second-order valence-corrected chi connectivity index (χ2v) is 6.27. The van der Waals surface area contributed by atoms with Crippen LogP contribution in [0.2, 0.25) is 0 Å². The summed E-state index contributed by atoms with van der Waals surface area (Å²) in [6.45, 7) is 2.90. The maximum atomic E-state index is 11.1. The van der Waals surface area contributed by atoms with E-state index in [9.17, 15) is 4.79 Å². The number of nitriles is 1. The predicted octanol–water partition coefficient (Wildman–Crippen LogP) is 6.16. The van der Waals surface area contributed by atoms with E-state index in [1.54, 1.807) is 0 Å². The van der Waals surface area contributed by atoms with Gasteiger partial charge in [0.25, 0.3) is 0 Å². The average Bonchev–Trinajstić information content (AvgIpc) is 2.64. The zero-order valence-electron chi connectivity index (χ0n) is 16.5. The smallest absolute Gasteiger partial charge is 0.234 e. The van der Waals surface area contributed by atoms with Crippen LogP contribution in [0, 0.1) is 11.3 Å². The van der Waals surface area contributed by atoms with Crippen molar-refractivity contribution in [1.29, 1.82) is 5.26 Å². The predicted molar refractivity (Wildman–Crippen MR) is 112 cm³/mol. The van der Waals surface area contributed by atoms with Crippen molar-refractivity contribution in [3.8, 4) is 6.07 Å². The van der Waals surface area contributed by atoms with Crippen molar-refractivity contribution in [2.24, 2.45) is 0 Å². The normalized spacial score (nSPS) is 11.8. The molecule has 3 nitrogen and oxygen atoms in total. The number of nitrogens with one attached hydrogen (secondary N) is 1. The topological polar surface area (TPSA) is 52.9 Å². The van der Waals surface area contributed by atoms with E-state index in [-0.39, 0.29) is 12.3 Å². The van der Waals surface area contributed by atoms with E-state index in [2.05, 4.69) is 60.8 Å². The van der Waals surface area contributed by atoms with Crippen LogP contribution in [-0.2, 0) is 4.79 Å². The molecule has 0 heterocycles. The number of hydrogen-bond donors (Lipinski definition) is 1. The summed E-state index contributed by atoms with van der Waals surface area (Å²) in [5, 5.41) is 11.1. The Kier molecular flexibility index (Phi) is 19.3. The number of rotatable bonds is 16. The lowest BCUT2D eigenvalue weighted by Crippen LogP contribution is -2.23. The van der Waals surface area contributed by atoms with E-state index in [0.717, 1.165) is 38.5 Å². The van der Waals surface area contributed by atoms with Gasteiger partial charge < -0.3 is 5.32 Å². The first-order chi connectivity index (χ1) is 12.8. The van der Waals surface area contributed by atoms with Crippen LogP contribution in [0.5, 0.6) is 0 Å². The number of carbonyl (C=O) groups excluding carboxylic acids is 1. The van der Waals surface area contributed by atoms with Gasteiger partial charge in [-0.05, 0) is 51.4 Å². The van der Waals surface area contributed by atoms with Crippen molar-refractivity contribution in [1.82, 2.24) is 5.32 Å². The first-order valence-electron chi connectivity index (χ1n) is 10.0. The fourth-order valence-electron chi connectivity index (χ4n) is 2.31. The monoisotopic (exact) mass is 356 g/mol. The van der Waals surface area contributed by atoms with E-state index >= 15 is 0 Å². The Balaban J connectivity index is 3.41. The lowest BCUT2D eigenvalue weighted by atomic mass is 10.2. The Hall–Kier alpha value is -2.08. The first kappa shape index (κ1) is 23.9. The maximum Gasteiger partial charge on any atom is 0.234 e. The molecule has 0 spiro atoms. The molecule has 0 saturated heterocycles. The molecular formula is C23H36N2O. The van der Waals surface area contributed by atoms with Crippen LogP contribution >= 0.6 is 0 Å². The number of amides is 1. The Labute approximate surface area is 160 Å². The van der Waals surface area contributed by atoms with Crippen LogP contribution in [-0.4, -0.2) is 12.5 Å². The fraction of sp³-hybridized carbons (Fsp3) is 0.565. The van der Waals surface area contributed by atoms with E-state index in [4.69, 9.17) is 5.26 Å². The van der Waals surface area contributed by atoms with Crippen molar-refractivity contribution < 1.29 is 4.79 Å². The quantitative estimate of drug-likeness (QED) is 0.266. The Bertz CT molecular complexity index is 481.